The first kappa shape index (κ1) is 30.0. The topological polar surface area (TPSA) is 88.5 Å². The van der Waals surface area contributed by atoms with E-state index in [0.717, 1.165) is 11.3 Å². The Morgan fingerprint density at radius 1 is 0.927 bits per heavy atom. The zero-order chi connectivity index (χ0) is 29.6. The van der Waals surface area contributed by atoms with Gasteiger partial charge in [0.15, 0.2) is 0 Å². The molecule has 0 spiro atoms. The summed E-state index contributed by atoms with van der Waals surface area (Å²) in [5.74, 6) is 0.772. The van der Waals surface area contributed by atoms with Crippen molar-refractivity contribution in [3.8, 4) is 11.4 Å². The molecule has 0 radical (unpaired) electrons. The van der Waals surface area contributed by atoms with Gasteiger partial charge < -0.3 is 20.3 Å². The summed E-state index contributed by atoms with van der Waals surface area (Å²) >= 11 is 12.4. The summed E-state index contributed by atoms with van der Waals surface area (Å²) in [7, 11) is 0. The molecule has 214 valence electrons. The predicted octanol–water partition coefficient (Wildman–Crippen LogP) is 7.55. The number of aromatic nitrogens is 2. The molecule has 0 bridgehead atoms. The quantitative estimate of drug-likeness (QED) is 0.210. The summed E-state index contributed by atoms with van der Waals surface area (Å²) in [5.41, 5.74) is 2.60. The fraction of sp³-hybridized carbons (Fsp3) is 0.258. The smallest absolute Gasteiger partial charge is 0.322 e. The Kier molecular flexibility index (Phi) is 9.57. The highest BCUT2D eigenvalue weighted by atomic mass is 35.5. The number of anilines is 2. The molecule has 41 heavy (non-hydrogen) atoms. The summed E-state index contributed by atoms with van der Waals surface area (Å²) in [6, 6.07) is 23.1. The Morgan fingerprint density at radius 3 is 2.27 bits per heavy atom. The average molecular weight is 595 g/mol. The van der Waals surface area contributed by atoms with Crippen LogP contribution >= 0.6 is 23.2 Å². The van der Waals surface area contributed by atoms with Crippen molar-refractivity contribution < 1.29 is 14.3 Å². The lowest BCUT2D eigenvalue weighted by atomic mass is 9.92. The molecule has 0 unspecified atom stereocenters. The Hall–Kier alpha value is -4.01. The molecular weight excluding hydrogens is 561 g/mol. The van der Waals surface area contributed by atoms with Gasteiger partial charge in [-0.15, -0.1) is 0 Å². The number of nitrogens with one attached hydrogen (secondary N) is 2. The van der Waals surface area contributed by atoms with Crippen molar-refractivity contribution in [3.63, 3.8) is 0 Å². The first-order valence-corrected chi connectivity index (χ1v) is 14.0. The van der Waals surface area contributed by atoms with Gasteiger partial charge in [0, 0.05) is 23.7 Å². The van der Waals surface area contributed by atoms with Crippen LogP contribution in [-0.2, 0) is 16.8 Å². The summed E-state index contributed by atoms with van der Waals surface area (Å²) in [6.45, 7) is 8.59. The molecule has 0 aliphatic heterocycles. The van der Waals surface area contributed by atoms with Gasteiger partial charge in [-0.25, -0.2) is 9.48 Å². The van der Waals surface area contributed by atoms with Crippen molar-refractivity contribution in [1.82, 2.24) is 14.7 Å². The zero-order valence-corrected chi connectivity index (χ0v) is 25.0. The number of benzene rings is 3. The third kappa shape index (κ3) is 8.02. The van der Waals surface area contributed by atoms with E-state index < -0.39 is 6.03 Å². The van der Waals surface area contributed by atoms with Gasteiger partial charge in [0.25, 0.3) is 0 Å². The van der Waals surface area contributed by atoms with E-state index in [0.29, 0.717) is 39.6 Å². The number of hydrogen-bond donors (Lipinski definition) is 2. The predicted molar refractivity (Wildman–Crippen MR) is 164 cm³/mol. The second kappa shape index (κ2) is 13.1. The van der Waals surface area contributed by atoms with Crippen LogP contribution in [0.5, 0.6) is 5.75 Å². The molecule has 3 amide bonds. The van der Waals surface area contributed by atoms with E-state index in [1.54, 1.807) is 47.1 Å². The number of carbonyl (C=O) groups is 2. The SMILES string of the molecule is CCOc1ccc(NC(=O)N(CC(=O)Nc2cc(C(C)(C)C)nn2-c2ccc(Cl)c(Cl)c2)Cc2ccccc2)cc1. The number of ether oxygens (including phenoxy) is 1. The third-order valence-electron chi connectivity index (χ3n) is 6.15. The highest BCUT2D eigenvalue weighted by Crippen LogP contribution is 2.29. The van der Waals surface area contributed by atoms with Gasteiger partial charge in [0.05, 0.1) is 28.0 Å². The van der Waals surface area contributed by atoms with E-state index in [1.165, 1.54) is 4.90 Å². The molecule has 0 aliphatic rings. The van der Waals surface area contributed by atoms with E-state index in [2.05, 4.69) is 10.6 Å². The molecule has 0 atom stereocenters. The molecule has 0 aliphatic carbocycles. The molecule has 1 heterocycles. The highest BCUT2D eigenvalue weighted by molar-refractivity contribution is 6.42. The lowest BCUT2D eigenvalue weighted by Crippen LogP contribution is -2.40. The number of halogens is 2. The number of nitrogens with zero attached hydrogens (tertiary/aromatic N) is 3. The first-order valence-electron chi connectivity index (χ1n) is 13.2. The second-order valence-electron chi connectivity index (χ2n) is 10.5. The van der Waals surface area contributed by atoms with Crippen LogP contribution in [0.1, 0.15) is 39.0 Å². The Morgan fingerprint density at radius 2 is 1.63 bits per heavy atom. The highest BCUT2D eigenvalue weighted by Gasteiger charge is 2.24. The van der Waals surface area contributed by atoms with Gasteiger partial charge in [0.2, 0.25) is 5.91 Å². The second-order valence-corrected chi connectivity index (χ2v) is 11.3. The van der Waals surface area contributed by atoms with Crippen LogP contribution in [0, 0.1) is 0 Å². The summed E-state index contributed by atoms with van der Waals surface area (Å²) in [6.07, 6.45) is 0. The molecule has 3 aromatic carbocycles. The van der Waals surface area contributed by atoms with Crippen molar-refractivity contribution in [2.24, 2.45) is 0 Å². The summed E-state index contributed by atoms with van der Waals surface area (Å²) < 4.78 is 7.09. The monoisotopic (exact) mass is 593 g/mol. The molecule has 2 N–H and O–H groups in total. The van der Waals surface area contributed by atoms with Crippen molar-refractivity contribution in [2.75, 3.05) is 23.8 Å². The molecule has 0 saturated carbocycles. The van der Waals surface area contributed by atoms with Crippen molar-refractivity contribution in [1.29, 1.82) is 0 Å². The minimum absolute atomic E-state index is 0.199. The van der Waals surface area contributed by atoms with E-state index in [9.17, 15) is 9.59 Å². The first-order chi connectivity index (χ1) is 19.5. The standard InChI is InChI=1S/C31H33Cl2N5O3/c1-5-41-24-14-11-22(12-15-24)34-30(40)37(19-21-9-7-6-8-10-21)20-29(39)35-28-18-27(31(2,3)4)36-38(28)23-13-16-25(32)26(33)17-23/h6-18H,5,19-20H2,1-4H3,(H,34,40)(H,35,39). The Balaban J connectivity index is 1.57. The maximum absolute atomic E-state index is 13.4. The molecule has 4 rings (SSSR count). The number of urea groups is 1. The van der Waals surface area contributed by atoms with Crippen LogP contribution in [0.4, 0.5) is 16.3 Å². The normalized spacial score (nSPS) is 11.2. The maximum Gasteiger partial charge on any atom is 0.322 e. The number of amides is 3. The van der Waals surface area contributed by atoms with Crippen molar-refractivity contribution >= 4 is 46.6 Å². The van der Waals surface area contributed by atoms with Crippen LogP contribution in [-0.4, -0.2) is 39.8 Å². The Bertz CT molecular complexity index is 1500. The van der Waals surface area contributed by atoms with Crippen LogP contribution in [0.3, 0.4) is 0 Å². The van der Waals surface area contributed by atoms with Gasteiger partial charge in [-0.1, -0.05) is 74.3 Å². The largest absolute Gasteiger partial charge is 0.494 e. The fourth-order valence-electron chi connectivity index (χ4n) is 4.01. The molecule has 8 nitrogen and oxygen atoms in total. The van der Waals surface area contributed by atoms with E-state index >= 15 is 0 Å². The number of hydrogen-bond acceptors (Lipinski definition) is 4. The number of rotatable bonds is 9. The minimum Gasteiger partial charge on any atom is -0.494 e. The molecule has 0 saturated heterocycles. The van der Waals surface area contributed by atoms with Gasteiger partial charge in [0.1, 0.15) is 18.1 Å². The average Bonchev–Trinajstić information content (AvgIpc) is 3.36. The summed E-state index contributed by atoms with van der Waals surface area (Å²) in [4.78, 5) is 28.2. The Labute approximate surface area is 250 Å². The third-order valence-corrected chi connectivity index (χ3v) is 6.89. The van der Waals surface area contributed by atoms with Gasteiger partial charge in [-0.3, -0.25) is 4.79 Å². The lowest BCUT2D eigenvalue weighted by molar-refractivity contribution is -0.116. The van der Waals surface area contributed by atoms with E-state index in [1.807, 2.05) is 64.1 Å². The molecule has 1 aromatic heterocycles. The summed E-state index contributed by atoms with van der Waals surface area (Å²) in [5, 5.41) is 11.3. The van der Waals surface area contributed by atoms with Crippen LogP contribution in [0.15, 0.2) is 78.9 Å². The molecule has 0 fully saturated rings. The van der Waals surface area contributed by atoms with E-state index in [-0.39, 0.29) is 24.4 Å². The van der Waals surface area contributed by atoms with E-state index in [4.69, 9.17) is 33.0 Å². The molecule has 10 heteroatoms. The number of carbonyl (C=O) groups excluding carboxylic acids is 2. The lowest BCUT2D eigenvalue weighted by Gasteiger charge is -2.23. The molecular formula is C31H33Cl2N5O3. The zero-order valence-electron chi connectivity index (χ0n) is 23.4. The van der Waals surface area contributed by atoms with Crippen molar-refractivity contribution in [2.45, 2.75) is 39.7 Å². The van der Waals surface area contributed by atoms with Crippen LogP contribution in [0.25, 0.3) is 5.69 Å². The van der Waals surface area contributed by atoms with Gasteiger partial charge in [-0.05, 0) is 55.0 Å². The van der Waals surface area contributed by atoms with Crippen LogP contribution < -0.4 is 15.4 Å². The van der Waals surface area contributed by atoms with Crippen molar-refractivity contribution in [3.05, 3.63) is 100 Å². The van der Waals surface area contributed by atoms with Gasteiger partial charge in [-0.2, -0.15) is 5.10 Å². The van der Waals surface area contributed by atoms with Gasteiger partial charge >= 0.3 is 6.03 Å². The minimum atomic E-state index is -0.415. The maximum atomic E-state index is 13.4. The molecule has 4 aromatic rings. The van der Waals surface area contributed by atoms with Crippen LogP contribution in [0.2, 0.25) is 10.0 Å². The fourth-order valence-corrected chi connectivity index (χ4v) is 4.31.